The molecule has 0 unspecified atom stereocenters. The molecular formula is C13H19NO2. The van der Waals surface area contributed by atoms with E-state index in [4.69, 9.17) is 0 Å². The van der Waals surface area contributed by atoms with Crippen molar-refractivity contribution in [2.24, 2.45) is 0 Å². The monoisotopic (exact) mass is 221 g/mol. The van der Waals surface area contributed by atoms with E-state index in [1.165, 1.54) is 0 Å². The lowest BCUT2D eigenvalue weighted by molar-refractivity contribution is -0.144. The van der Waals surface area contributed by atoms with Crippen molar-refractivity contribution in [2.75, 3.05) is 6.54 Å². The average molecular weight is 221 g/mol. The Morgan fingerprint density at radius 2 is 2.25 bits per heavy atom. The van der Waals surface area contributed by atoms with Gasteiger partial charge in [-0.2, -0.15) is 0 Å². The lowest BCUT2D eigenvalue weighted by atomic mass is 9.72. The summed E-state index contributed by atoms with van der Waals surface area (Å²) in [4.78, 5) is 14.0. The Morgan fingerprint density at radius 3 is 2.88 bits per heavy atom. The van der Waals surface area contributed by atoms with E-state index in [1.54, 1.807) is 6.08 Å². The van der Waals surface area contributed by atoms with Gasteiger partial charge in [0.05, 0.1) is 12.1 Å². The maximum Gasteiger partial charge on any atom is 0.152 e. The van der Waals surface area contributed by atoms with Gasteiger partial charge in [-0.05, 0) is 19.3 Å². The number of ketones is 1. The molecule has 2 rings (SSSR count). The summed E-state index contributed by atoms with van der Waals surface area (Å²) in [5.41, 5.74) is -0.105. The number of aliphatic hydroxyl groups excluding tert-OH is 1. The van der Waals surface area contributed by atoms with Gasteiger partial charge in [-0.1, -0.05) is 12.2 Å². The molecule has 2 saturated heterocycles. The molecule has 2 heterocycles. The van der Waals surface area contributed by atoms with Gasteiger partial charge in [-0.3, -0.25) is 9.69 Å². The predicted molar refractivity (Wildman–Crippen MR) is 63.1 cm³/mol. The number of hydrogen-bond acceptors (Lipinski definition) is 3. The van der Waals surface area contributed by atoms with Crippen LogP contribution in [0.2, 0.25) is 0 Å². The van der Waals surface area contributed by atoms with E-state index in [1.807, 2.05) is 6.08 Å². The van der Waals surface area contributed by atoms with Crippen molar-refractivity contribution in [1.29, 1.82) is 0 Å². The van der Waals surface area contributed by atoms with Crippen LogP contribution < -0.4 is 0 Å². The van der Waals surface area contributed by atoms with E-state index >= 15 is 0 Å². The van der Waals surface area contributed by atoms with Crippen molar-refractivity contribution in [2.45, 2.75) is 43.4 Å². The van der Waals surface area contributed by atoms with E-state index in [0.717, 1.165) is 12.8 Å². The third kappa shape index (κ3) is 1.55. The quantitative estimate of drug-likeness (QED) is 0.730. The number of fused-ring (bicyclic) bond motifs is 2. The number of rotatable bonds is 3. The second kappa shape index (κ2) is 4.15. The van der Waals surface area contributed by atoms with Crippen molar-refractivity contribution >= 4 is 5.78 Å². The minimum atomic E-state index is -0.527. The highest BCUT2D eigenvalue weighted by molar-refractivity contribution is 5.86. The molecule has 88 valence electrons. The predicted octanol–water partition coefficient (Wildman–Crippen LogP) is 1.29. The summed E-state index contributed by atoms with van der Waals surface area (Å²) in [5.74, 6) is 0.159. The zero-order chi connectivity index (χ0) is 11.8. The molecule has 0 spiro atoms. The first kappa shape index (κ1) is 11.6. The van der Waals surface area contributed by atoms with E-state index < -0.39 is 6.10 Å². The molecule has 0 saturated carbocycles. The van der Waals surface area contributed by atoms with Gasteiger partial charge in [0.2, 0.25) is 0 Å². The highest BCUT2D eigenvalue weighted by Crippen LogP contribution is 2.41. The van der Waals surface area contributed by atoms with Crippen molar-refractivity contribution in [3.63, 3.8) is 0 Å². The minimum Gasteiger partial charge on any atom is -0.391 e. The number of hydrogen-bond donors (Lipinski definition) is 1. The van der Waals surface area contributed by atoms with Gasteiger partial charge in [0.1, 0.15) is 0 Å². The zero-order valence-electron chi connectivity index (χ0n) is 9.56. The number of Topliss-reactive ketones (excluding diaryl/α,β-unsaturated/α-hetero) is 1. The SMILES string of the molecule is C=CCN1[C@H]2C(=O)CC[C@]1(C=C)CC[C@@H]2O. The van der Waals surface area contributed by atoms with Crippen LogP contribution in [-0.2, 0) is 4.79 Å². The van der Waals surface area contributed by atoms with Gasteiger partial charge >= 0.3 is 0 Å². The molecule has 0 amide bonds. The molecule has 3 nitrogen and oxygen atoms in total. The van der Waals surface area contributed by atoms with Crippen molar-refractivity contribution in [3.05, 3.63) is 25.3 Å². The standard InChI is InChI=1S/C13H19NO2/c1-3-9-14-12-10(15)5-7-13(14,4-2)8-6-11(12)16/h3-4,10,12,15H,1-2,5-9H2/t10-,12+,13-/m0/s1. The molecule has 3 heteroatoms. The second-order valence-corrected chi connectivity index (χ2v) is 4.77. The summed E-state index contributed by atoms with van der Waals surface area (Å²) in [6, 6.07) is -0.349. The van der Waals surface area contributed by atoms with Crippen molar-refractivity contribution < 1.29 is 9.90 Å². The molecule has 2 bridgehead atoms. The average Bonchev–Trinajstić information content (AvgIpc) is 2.28. The van der Waals surface area contributed by atoms with Crippen LogP contribution >= 0.6 is 0 Å². The number of nitrogens with zero attached hydrogens (tertiary/aromatic N) is 1. The molecule has 0 aromatic heterocycles. The van der Waals surface area contributed by atoms with Crippen LogP contribution in [0.4, 0.5) is 0 Å². The topological polar surface area (TPSA) is 40.5 Å². The summed E-state index contributed by atoms with van der Waals surface area (Å²) >= 11 is 0. The van der Waals surface area contributed by atoms with Crippen LogP contribution in [-0.4, -0.2) is 40.0 Å². The van der Waals surface area contributed by atoms with Crippen LogP contribution in [0.3, 0.4) is 0 Å². The largest absolute Gasteiger partial charge is 0.391 e. The van der Waals surface area contributed by atoms with Crippen LogP contribution in [0.25, 0.3) is 0 Å². The fourth-order valence-corrected chi connectivity index (χ4v) is 3.08. The highest BCUT2D eigenvalue weighted by atomic mass is 16.3. The molecule has 0 aliphatic carbocycles. The maximum absolute atomic E-state index is 11.9. The lowest BCUT2D eigenvalue weighted by Gasteiger charge is -2.54. The van der Waals surface area contributed by atoms with Gasteiger partial charge in [0, 0.05) is 18.5 Å². The van der Waals surface area contributed by atoms with Crippen LogP contribution in [0.5, 0.6) is 0 Å². The number of aliphatic hydroxyl groups is 1. The van der Waals surface area contributed by atoms with Gasteiger partial charge in [-0.25, -0.2) is 0 Å². The summed E-state index contributed by atoms with van der Waals surface area (Å²) in [6.07, 6.45) is 6.17. The second-order valence-electron chi connectivity index (χ2n) is 4.77. The fraction of sp³-hybridized carbons (Fsp3) is 0.615. The molecule has 0 radical (unpaired) electrons. The van der Waals surface area contributed by atoms with Crippen LogP contribution in [0, 0.1) is 0 Å². The fourth-order valence-electron chi connectivity index (χ4n) is 3.08. The van der Waals surface area contributed by atoms with Gasteiger partial charge in [-0.15, -0.1) is 13.2 Å². The molecule has 16 heavy (non-hydrogen) atoms. The van der Waals surface area contributed by atoms with Gasteiger partial charge in [0.25, 0.3) is 0 Å². The Balaban J connectivity index is 2.36. The summed E-state index contributed by atoms with van der Waals surface area (Å²) in [5, 5.41) is 9.97. The van der Waals surface area contributed by atoms with Crippen molar-refractivity contribution in [1.82, 2.24) is 4.90 Å². The molecule has 0 aromatic rings. The van der Waals surface area contributed by atoms with Crippen LogP contribution in [0.15, 0.2) is 25.3 Å². The number of piperidine rings is 2. The Kier molecular flexibility index (Phi) is 3.00. The van der Waals surface area contributed by atoms with Gasteiger partial charge < -0.3 is 5.11 Å². The molecule has 3 atom stereocenters. The third-order valence-corrected chi connectivity index (χ3v) is 3.99. The molecule has 0 aromatic carbocycles. The summed E-state index contributed by atoms with van der Waals surface area (Å²) in [7, 11) is 0. The number of carbonyl (C=O) groups excluding carboxylic acids is 1. The highest BCUT2D eigenvalue weighted by Gasteiger charge is 2.50. The van der Waals surface area contributed by atoms with Crippen LogP contribution in [0.1, 0.15) is 25.7 Å². The first-order chi connectivity index (χ1) is 7.64. The Morgan fingerprint density at radius 1 is 1.50 bits per heavy atom. The Bertz CT molecular complexity index is 326. The van der Waals surface area contributed by atoms with Gasteiger partial charge in [0.15, 0.2) is 5.78 Å². The first-order valence-corrected chi connectivity index (χ1v) is 5.86. The maximum atomic E-state index is 11.9. The van der Waals surface area contributed by atoms with E-state index in [-0.39, 0.29) is 17.4 Å². The Labute approximate surface area is 96.4 Å². The summed E-state index contributed by atoms with van der Waals surface area (Å²) < 4.78 is 0. The molecular weight excluding hydrogens is 202 g/mol. The Hall–Kier alpha value is -0.930. The third-order valence-electron chi connectivity index (χ3n) is 3.99. The lowest BCUT2D eigenvalue weighted by Crippen LogP contribution is -2.66. The molecule has 2 aliphatic rings. The molecule has 2 aliphatic heterocycles. The minimum absolute atomic E-state index is 0.105. The van der Waals surface area contributed by atoms with E-state index in [9.17, 15) is 9.90 Å². The van der Waals surface area contributed by atoms with Crippen molar-refractivity contribution in [3.8, 4) is 0 Å². The van der Waals surface area contributed by atoms with E-state index in [2.05, 4.69) is 18.1 Å². The number of carbonyl (C=O) groups is 1. The molecule has 1 N–H and O–H groups in total. The zero-order valence-corrected chi connectivity index (χ0v) is 9.56. The van der Waals surface area contributed by atoms with E-state index in [0.29, 0.717) is 19.4 Å². The first-order valence-electron chi connectivity index (χ1n) is 5.86. The smallest absolute Gasteiger partial charge is 0.152 e. The normalized spacial score (nSPS) is 39.4. The summed E-state index contributed by atoms with van der Waals surface area (Å²) in [6.45, 7) is 8.28. The molecule has 2 fully saturated rings.